The van der Waals surface area contributed by atoms with Crippen LogP contribution < -0.4 is 5.32 Å². The number of nitro groups is 1. The molecule has 0 atom stereocenters. The molecule has 0 aliphatic heterocycles. The number of hydrogen-bond acceptors (Lipinski definition) is 4. The van der Waals surface area contributed by atoms with Crippen molar-refractivity contribution in [1.29, 1.82) is 0 Å². The number of nitro benzene ring substituents is 1. The second kappa shape index (κ2) is 5.75. The number of nitrogens with zero attached hydrogens (tertiary/aromatic N) is 1. The van der Waals surface area contributed by atoms with E-state index in [1.165, 1.54) is 18.2 Å². The van der Waals surface area contributed by atoms with Crippen LogP contribution in [0.5, 0.6) is 0 Å². The molecule has 0 aliphatic rings. The average Bonchev–Trinajstić information content (AvgIpc) is 2.48. The molecule has 0 heterocycles. The zero-order valence-corrected chi connectivity index (χ0v) is 10.3. The Bertz CT molecular complexity index is 665. The smallest absolute Gasteiger partial charge is 0.282 e. The maximum absolute atomic E-state index is 12.0. The molecule has 0 saturated carbocycles. The third-order valence-corrected chi connectivity index (χ3v) is 2.65. The Kier molecular flexibility index (Phi) is 3.85. The van der Waals surface area contributed by atoms with Crippen molar-refractivity contribution in [2.45, 2.75) is 0 Å². The number of hydrogen-bond donors (Lipinski definition) is 1. The van der Waals surface area contributed by atoms with Crippen LogP contribution in [0, 0.1) is 10.1 Å². The molecule has 6 heteroatoms. The van der Waals surface area contributed by atoms with Gasteiger partial charge in [0.1, 0.15) is 11.8 Å². The molecule has 2 aromatic carbocycles. The van der Waals surface area contributed by atoms with Gasteiger partial charge in [0.15, 0.2) is 0 Å². The summed E-state index contributed by atoms with van der Waals surface area (Å²) >= 11 is 0. The predicted octanol–water partition coefficient (Wildman–Crippen LogP) is 2.66. The quantitative estimate of drug-likeness (QED) is 0.525. The van der Waals surface area contributed by atoms with Crippen molar-refractivity contribution >= 4 is 23.6 Å². The van der Waals surface area contributed by atoms with Gasteiger partial charge >= 0.3 is 0 Å². The SMILES string of the molecule is O=Cc1ccc(NC(=O)c2ccccc2[N+](=O)[O-])cc1. The number of aldehydes is 1. The number of anilines is 1. The van der Waals surface area contributed by atoms with E-state index in [1.807, 2.05) is 0 Å². The van der Waals surface area contributed by atoms with Gasteiger partial charge in [-0.25, -0.2) is 0 Å². The van der Waals surface area contributed by atoms with Crippen LogP contribution in [0.15, 0.2) is 48.5 Å². The van der Waals surface area contributed by atoms with Gasteiger partial charge in [-0.05, 0) is 30.3 Å². The number of carbonyl (C=O) groups is 2. The van der Waals surface area contributed by atoms with Gasteiger partial charge in [-0.15, -0.1) is 0 Å². The second-order valence-corrected chi connectivity index (χ2v) is 3.97. The number of benzene rings is 2. The molecule has 0 radical (unpaired) electrons. The molecule has 0 aromatic heterocycles. The van der Waals surface area contributed by atoms with Crippen LogP contribution in [-0.4, -0.2) is 17.1 Å². The summed E-state index contributed by atoms with van der Waals surface area (Å²) in [6.45, 7) is 0. The van der Waals surface area contributed by atoms with Crippen molar-refractivity contribution in [3.8, 4) is 0 Å². The first kappa shape index (κ1) is 13.4. The summed E-state index contributed by atoms with van der Waals surface area (Å²) in [6, 6.07) is 11.9. The highest BCUT2D eigenvalue weighted by molar-refractivity contribution is 6.07. The number of carbonyl (C=O) groups excluding carboxylic acids is 2. The zero-order valence-electron chi connectivity index (χ0n) is 10.3. The van der Waals surface area contributed by atoms with Crippen molar-refractivity contribution < 1.29 is 14.5 Å². The van der Waals surface area contributed by atoms with Crippen molar-refractivity contribution in [3.05, 3.63) is 69.8 Å². The van der Waals surface area contributed by atoms with Crippen LogP contribution >= 0.6 is 0 Å². The Hall–Kier alpha value is -3.02. The largest absolute Gasteiger partial charge is 0.322 e. The first-order valence-corrected chi connectivity index (χ1v) is 5.72. The summed E-state index contributed by atoms with van der Waals surface area (Å²) in [6.07, 6.45) is 0.688. The lowest BCUT2D eigenvalue weighted by Crippen LogP contribution is -2.13. The summed E-state index contributed by atoms with van der Waals surface area (Å²) in [5.41, 5.74) is 0.666. The molecule has 1 amide bonds. The normalized spacial score (nSPS) is 9.80. The van der Waals surface area contributed by atoms with E-state index >= 15 is 0 Å². The molecular weight excluding hydrogens is 260 g/mol. The molecule has 0 saturated heterocycles. The fourth-order valence-corrected chi connectivity index (χ4v) is 1.67. The number of rotatable bonds is 4. The third kappa shape index (κ3) is 2.86. The minimum atomic E-state index is -0.607. The van der Waals surface area contributed by atoms with Crippen LogP contribution in [0.4, 0.5) is 11.4 Å². The Morgan fingerprint density at radius 1 is 1.10 bits per heavy atom. The third-order valence-electron chi connectivity index (χ3n) is 2.65. The van der Waals surface area contributed by atoms with Crippen LogP contribution in [0.25, 0.3) is 0 Å². The molecule has 0 unspecified atom stereocenters. The molecule has 0 bridgehead atoms. The molecular formula is C14H10N2O4. The van der Waals surface area contributed by atoms with E-state index in [0.717, 1.165) is 0 Å². The monoisotopic (exact) mass is 270 g/mol. The van der Waals surface area contributed by atoms with E-state index in [9.17, 15) is 19.7 Å². The zero-order chi connectivity index (χ0) is 14.5. The minimum absolute atomic E-state index is 0.0167. The van der Waals surface area contributed by atoms with Crippen molar-refractivity contribution in [1.82, 2.24) is 0 Å². The fourth-order valence-electron chi connectivity index (χ4n) is 1.67. The van der Waals surface area contributed by atoms with E-state index < -0.39 is 10.8 Å². The van der Waals surface area contributed by atoms with Gasteiger partial charge in [-0.2, -0.15) is 0 Å². The highest BCUT2D eigenvalue weighted by Gasteiger charge is 2.18. The summed E-state index contributed by atoms with van der Waals surface area (Å²) in [4.78, 5) is 32.8. The average molecular weight is 270 g/mol. The molecule has 2 aromatic rings. The van der Waals surface area contributed by atoms with Crippen molar-refractivity contribution in [2.75, 3.05) is 5.32 Å². The Balaban J connectivity index is 2.23. The minimum Gasteiger partial charge on any atom is -0.322 e. The Morgan fingerprint density at radius 2 is 1.75 bits per heavy atom. The molecule has 1 N–H and O–H groups in total. The molecule has 100 valence electrons. The highest BCUT2D eigenvalue weighted by atomic mass is 16.6. The number of para-hydroxylation sites is 1. The lowest BCUT2D eigenvalue weighted by Gasteiger charge is -2.05. The van der Waals surface area contributed by atoms with Crippen LogP contribution in [0.2, 0.25) is 0 Å². The Labute approximate surface area is 114 Å². The topological polar surface area (TPSA) is 89.3 Å². The van der Waals surface area contributed by atoms with E-state index in [0.29, 0.717) is 17.5 Å². The van der Waals surface area contributed by atoms with Crippen molar-refractivity contribution in [3.63, 3.8) is 0 Å². The summed E-state index contributed by atoms with van der Waals surface area (Å²) in [5.74, 6) is -0.573. The standard InChI is InChI=1S/C14H10N2O4/c17-9-10-5-7-11(8-6-10)15-14(18)12-3-1-2-4-13(12)16(19)20/h1-9H,(H,15,18). The highest BCUT2D eigenvalue weighted by Crippen LogP contribution is 2.19. The lowest BCUT2D eigenvalue weighted by molar-refractivity contribution is -0.385. The summed E-state index contributed by atoms with van der Waals surface area (Å²) in [5, 5.41) is 13.4. The molecule has 20 heavy (non-hydrogen) atoms. The van der Waals surface area contributed by atoms with E-state index in [2.05, 4.69) is 5.32 Å². The molecule has 0 spiro atoms. The molecule has 0 fully saturated rings. The van der Waals surface area contributed by atoms with E-state index in [-0.39, 0.29) is 11.3 Å². The number of nitrogens with one attached hydrogen (secondary N) is 1. The van der Waals surface area contributed by atoms with Crippen molar-refractivity contribution in [2.24, 2.45) is 0 Å². The van der Waals surface area contributed by atoms with Gasteiger partial charge in [-0.3, -0.25) is 19.7 Å². The van der Waals surface area contributed by atoms with Crippen LogP contribution in [0.3, 0.4) is 0 Å². The molecule has 6 nitrogen and oxygen atoms in total. The van der Waals surface area contributed by atoms with Gasteiger partial charge in [0.05, 0.1) is 4.92 Å². The van der Waals surface area contributed by atoms with E-state index in [4.69, 9.17) is 0 Å². The van der Waals surface area contributed by atoms with Crippen LogP contribution in [-0.2, 0) is 0 Å². The molecule has 2 rings (SSSR count). The van der Waals surface area contributed by atoms with Gasteiger partial charge in [0.2, 0.25) is 0 Å². The lowest BCUT2D eigenvalue weighted by atomic mass is 10.1. The summed E-state index contributed by atoms with van der Waals surface area (Å²) in [7, 11) is 0. The van der Waals surface area contributed by atoms with Gasteiger partial charge in [0, 0.05) is 17.3 Å². The first-order valence-electron chi connectivity index (χ1n) is 5.72. The molecule has 0 aliphatic carbocycles. The first-order chi connectivity index (χ1) is 9.61. The maximum atomic E-state index is 12.0. The van der Waals surface area contributed by atoms with Gasteiger partial charge in [0.25, 0.3) is 11.6 Å². The van der Waals surface area contributed by atoms with E-state index in [1.54, 1.807) is 30.3 Å². The second-order valence-electron chi connectivity index (χ2n) is 3.97. The summed E-state index contributed by atoms with van der Waals surface area (Å²) < 4.78 is 0. The number of amides is 1. The fraction of sp³-hybridized carbons (Fsp3) is 0. The maximum Gasteiger partial charge on any atom is 0.282 e. The van der Waals surface area contributed by atoms with Gasteiger partial charge < -0.3 is 5.32 Å². The van der Waals surface area contributed by atoms with Crippen LogP contribution in [0.1, 0.15) is 20.7 Å². The predicted molar refractivity (Wildman–Crippen MR) is 72.9 cm³/mol. The Morgan fingerprint density at radius 3 is 2.35 bits per heavy atom. The van der Waals surface area contributed by atoms with Gasteiger partial charge in [-0.1, -0.05) is 12.1 Å².